The normalized spacial score (nSPS) is 10.5. The summed E-state index contributed by atoms with van der Waals surface area (Å²) in [6.07, 6.45) is 3.56. The van der Waals surface area contributed by atoms with Crippen LogP contribution in [0.25, 0.3) is 11.1 Å². The highest BCUT2D eigenvalue weighted by Gasteiger charge is 2.08. The van der Waals surface area contributed by atoms with Gasteiger partial charge in [-0.2, -0.15) is 0 Å². The Labute approximate surface area is 183 Å². The Balaban J connectivity index is 1.46. The van der Waals surface area contributed by atoms with Crippen LogP contribution in [0, 0.1) is 6.92 Å². The number of hydrogen-bond donors (Lipinski definition) is 2. The first-order valence-electron chi connectivity index (χ1n) is 9.40. The van der Waals surface area contributed by atoms with Crippen LogP contribution in [-0.2, 0) is 0 Å². The highest BCUT2D eigenvalue weighted by molar-refractivity contribution is 9.10. The molecule has 0 radical (unpaired) electrons. The van der Waals surface area contributed by atoms with Crippen LogP contribution in [0.2, 0.25) is 0 Å². The molecule has 0 saturated heterocycles. The van der Waals surface area contributed by atoms with Gasteiger partial charge < -0.3 is 10.6 Å². The first-order valence-corrected chi connectivity index (χ1v) is 10.2. The quantitative estimate of drug-likeness (QED) is 0.372. The highest BCUT2D eigenvalue weighted by atomic mass is 79.9. The molecule has 148 valence electrons. The van der Waals surface area contributed by atoms with E-state index in [4.69, 9.17) is 0 Å². The molecule has 2 N–H and O–H groups in total. The van der Waals surface area contributed by atoms with Crippen molar-refractivity contribution in [2.75, 3.05) is 10.6 Å². The monoisotopic (exact) mass is 458 g/mol. The summed E-state index contributed by atoms with van der Waals surface area (Å²) in [6, 6.07) is 22.9. The zero-order valence-corrected chi connectivity index (χ0v) is 17.8. The van der Waals surface area contributed by atoms with E-state index >= 15 is 0 Å². The van der Waals surface area contributed by atoms with E-state index in [-0.39, 0.29) is 5.91 Å². The molecule has 1 heterocycles. The number of carbonyl (C=O) groups is 1. The molecule has 4 aromatic rings. The highest BCUT2D eigenvalue weighted by Crippen LogP contribution is 2.21. The molecule has 30 heavy (non-hydrogen) atoms. The third kappa shape index (κ3) is 4.90. The van der Waals surface area contributed by atoms with E-state index in [2.05, 4.69) is 67.7 Å². The minimum Gasteiger partial charge on any atom is -0.324 e. The lowest BCUT2D eigenvalue weighted by Gasteiger charge is -2.09. The minimum absolute atomic E-state index is 0.188. The lowest BCUT2D eigenvalue weighted by molar-refractivity contribution is 0.102. The maximum absolute atomic E-state index is 12.6. The molecule has 0 unspecified atom stereocenters. The van der Waals surface area contributed by atoms with Crippen molar-refractivity contribution in [3.63, 3.8) is 0 Å². The number of nitrogens with zero attached hydrogens (tertiary/aromatic N) is 2. The number of benzene rings is 3. The Morgan fingerprint density at radius 1 is 0.833 bits per heavy atom. The molecule has 0 spiro atoms. The number of hydrogen-bond acceptors (Lipinski definition) is 4. The van der Waals surface area contributed by atoms with Crippen LogP contribution in [0.4, 0.5) is 17.3 Å². The molecule has 0 aliphatic heterocycles. The smallest absolute Gasteiger partial charge is 0.255 e. The topological polar surface area (TPSA) is 66.9 Å². The van der Waals surface area contributed by atoms with Crippen molar-refractivity contribution in [1.29, 1.82) is 0 Å². The Morgan fingerprint density at radius 2 is 1.53 bits per heavy atom. The van der Waals surface area contributed by atoms with Crippen LogP contribution >= 0.6 is 15.9 Å². The largest absolute Gasteiger partial charge is 0.324 e. The first-order chi connectivity index (χ1) is 14.6. The van der Waals surface area contributed by atoms with Crippen molar-refractivity contribution in [2.45, 2.75) is 6.92 Å². The Hall–Kier alpha value is -3.51. The summed E-state index contributed by atoms with van der Waals surface area (Å²) in [5.74, 6) is 0.280. The summed E-state index contributed by atoms with van der Waals surface area (Å²) >= 11 is 3.40. The Bertz CT molecular complexity index is 1170. The Morgan fingerprint density at radius 3 is 2.27 bits per heavy atom. The lowest BCUT2D eigenvalue weighted by atomic mass is 10.1. The first kappa shape index (κ1) is 19.8. The molecule has 1 aromatic heterocycles. The van der Waals surface area contributed by atoms with Crippen molar-refractivity contribution in [3.8, 4) is 11.1 Å². The van der Waals surface area contributed by atoms with E-state index in [9.17, 15) is 4.79 Å². The van der Waals surface area contributed by atoms with Crippen LogP contribution in [0.15, 0.2) is 89.7 Å². The van der Waals surface area contributed by atoms with Crippen LogP contribution < -0.4 is 10.6 Å². The summed E-state index contributed by atoms with van der Waals surface area (Å²) < 4.78 is 0.905. The summed E-state index contributed by atoms with van der Waals surface area (Å²) in [6.45, 7) is 2.06. The van der Waals surface area contributed by atoms with Crippen LogP contribution in [0.5, 0.6) is 0 Å². The predicted molar refractivity (Wildman–Crippen MR) is 124 cm³/mol. The SMILES string of the molecule is Cc1ccc(-c2cnc(Nc3cccc(C(=O)Nc4cccc(Br)c4)c3)nc2)cc1. The third-order valence-electron chi connectivity index (χ3n) is 4.50. The second kappa shape index (κ2) is 8.88. The molecular weight excluding hydrogens is 440 g/mol. The van der Waals surface area contributed by atoms with Crippen LogP contribution in [0.1, 0.15) is 15.9 Å². The standard InChI is InChI=1S/C24H19BrN4O/c1-16-8-10-17(11-9-16)19-14-26-24(27-15-19)29-21-6-2-4-18(12-21)23(30)28-22-7-3-5-20(25)13-22/h2-15H,1H3,(H,28,30)(H,26,27,29). The van der Waals surface area contributed by atoms with Gasteiger partial charge in [0.25, 0.3) is 5.91 Å². The van der Waals surface area contributed by atoms with Crippen molar-refractivity contribution in [1.82, 2.24) is 9.97 Å². The fourth-order valence-electron chi connectivity index (χ4n) is 2.92. The molecule has 6 heteroatoms. The summed E-state index contributed by atoms with van der Waals surface area (Å²) in [7, 11) is 0. The lowest BCUT2D eigenvalue weighted by Crippen LogP contribution is -2.12. The molecule has 0 aliphatic rings. The fourth-order valence-corrected chi connectivity index (χ4v) is 3.32. The van der Waals surface area contributed by atoms with Crippen molar-refractivity contribution in [2.24, 2.45) is 0 Å². The average Bonchev–Trinajstić information content (AvgIpc) is 2.75. The van der Waals surface area contributed by atoms with Crippen molar-refractivity contribution >= 4 is 39.2 Å². The second-order valence-corrected chi connectivity index (χ2v) is 7.75. The van der Waals surface area contributed by atoms with E-state index in [1.54, 1.807) is 24.5 Å². The van der Waals surface area contributed by atoms with E-state index in [1.807, 2.05) is 36.4 Å². The molecule has 0 atom stereocenters. The van der Waals surface area contributed by atoms with Crippen molar-refractivity contribution < 1.29 is 4.79 Å². The molecule has 0 bridgehead atoms. The third-order valence-corrected chi connectivity index (χ3v) is 4.99. The summed E-state index contributed by atoms with van der Waals surface area (Å²) in [5, 5.41) is 6.04. The van der Waals surface area contributed by atoms with Gasteiger partial charge in [0, 0.05) is 39.4 Å². The maximum Gasteiger partial charge on any atom is 0.255 e. The van der Waals surface area contributed by atoms with Crippen LogP contribution in [0.3, 0.4) is 0 Å². The summed E-state index contributed by atoms with van der Waals surface area (Å²) in [5.41, 5.74) is 5.22. The van der Waals surface area contributed by atoms with Crippen molar-refractivity contribution in [3.05, 3.63) is 101 Å². The van der Waals surface area contributed by atoms with E-state index in [0.29, 0.717) is 11.5 Å². The van der Waals surface area contributed by atoms with Gasteiger partial charge in [0.1, 0.15) is 0 Å². The molecule has 0 saturated carbocycles. The van der Waals surface area contributed by atoms with Crippen LogP contribution in [-0.4, -0.2) is 15.9 Å². The number of carbonyl (C=O) groups excluding carboxylic acids is 1. The number of amides is 1. The van der Waals surface area contributed by atoms with Gasteiger partial charge in [-0.05, 0) is 48.9 Å². The zero-order valence-electron chi connectivity index (χ0n) is 16.3. The van der Waals surface area contributed by atoms with Gasteiger partial charge >= 0.3 is 0 Å². The molecule has 4 rings (SSSR count). The maximum atomic E-state index is 12.6. The molecule has 0 fully saturated rings. The Kier molecular flexibility index (Phi) is 5.86. The van der Waals surface area contributed by atoms with Gasteiger partial charge in [-0.15, -0.1) is 0 Å². The fraction of sp³-hybridized carbons (Fsp3) is 0.0417. The molecule has 3 aromatic carbocycles. The minimum atomic E-state index is -0.188. The van der Waals surface area contributed by atoms with Gasteiger partial charge in [0.15, 0.2) is 0 Å². The number of aromatic nitrogens is 2. The number of nitrogens with one attached hydrogen (secondary N) is 2. The molecule has 5 nitrogen and oxygen atoms in total. The predicted octanol–water partition coefficient (Wildman–Crippen LogP) is 6.21. The number of rotatable bonds is 5. The second-order valence-electron chi connectivity index (χ2n) is 6.83. The van der Waals surface area contributed by atoms with E-state index in [0.717, 1.165) is 27.0 Å². The summed E-state index contributed by atoms with van der Waals surface area (Å²) in [4.78, 5) is 21.4. The van der Waals surface area contributed by atoms with Gasteiger partial charge in [-0.3, -0.25) is 4.79 Å². The average molecular weight is 459 g/mol. The number of anilines is 3. The zero-order chi connectivity index (χ0) is 20.9. The van der Waals surface area contributed by atoms with Gasteiger partial charge in [-0.1, -0.05) is 57.9 Å². The molecular formula is C24H19BrN4O. The number of halogens is 1. The number of aryl methyl sites for hydroxylation is 1. The molecule has 0 aliphatic carbocycles. The van der Waals surface area contributed by atoms with Gasteiger partial charge in [0.05, 0.1) is 0 Å². The van der Waals surface area contributed by atoms with Gasteiger partial charge in [0.2, 0.25) is 5.95 Å². The van der Waals surface area contributed by atoms with E-state index in [1.165, 1.54) is 5.56 Å². The van der Waals surface area contributed by atoms with E-state index < -0.39 is 0 Å². The van der Waals surface area contributed by atoms with Gasteiger partial charge in [-0.25, -0.2) is 9.97 Å². The molecule has 1 amide bonds.